The maximum atomic E-state index is 13.2. The van der Waals surface area contributed by atoms with E-state index in [9.17, 15) is 13.6 Å². The number of aryl methyl sites for hydroxylation is 1. The van der Waals surface area contributed by atoms with Gasteiger partial charge in [0.05, 0.1) is 5.56 Å². The van der Waals surface area contributed by atoms with Gasteiger partial charge in [0.25, 0.3) is 5.91 Å². The Hall–Kier alpha value is -3.21. The second-order valence-corrected chi connectivity index (χ2v) is 5.82. The largest absolute Gasteiger partial charge is 0.488 e. The van der Waals surface area contributed by atoms with Crippen LogP contribution in [0.2, 0.25) is 0 Å². The van der Waals surface area contributed by atoms with Gasteiger partial charge in [-0.25, -0.2) is 8.78 Å². The Morgan fingerprint density at radius 3 is 2.38 bits per heavy atom. The maximum Gasteiger partial charge on any atom is 0.259 e. The number of rotatable bonds is 5. The smallest absolute Gasteiger partial charge is 0.259 e. The van der Waals surface area contributed by atoms with Crippen molar-refractivity contribution in [1.82, 2.24) is 0 Å². The van der Waals surface area contributed by atoms with Crippen LogP contribution in [0.3, 0.4) is 0 Å². The number of benzene rings is 3. The molecule has 3 aromatic rings. The van der Waals surface area contributed by atoms with Crippen LogP contribution in [0.25, 0.3) is 0 Å². The molecule has 0 atom stereocenters. The number of hydrogen-bond donors (Lipinski definition) is 1. The van der Waals surface area contributed by atoms with Crippen LogP contribution in [0.15, 0.2) is 66.7 Å². The zero-order valence-corrected chi connectivity index (χ0v) is 14.1. The number of carbonyl (C=O) groups is 1. The molecule has 1 N–H and O–H groups in total. The molecule has 0 aliphatic heterocycles. The molecule has 3 aromatic carbocycles. The molecule has 0 spiro atoms. The van der Waals surface area contributed by atoms with Crippen molar-refractivity contribution >= 4 is 11.6 Å². The van der Waals surface area contributed by atoms with E-state index in [4.69, 9.17) is 4.74 Å². The molecule has 132 valence electrons. The van der Waals surface area contributed by atoms with Crippen LogP contribution in [0.5, 0.6) is 5.75 Å². The molecule has 5 heteroatoms. The summed E-state index contributed by atoms with van der Waals surface area (Å²) in [6.45, 7) is 1.93. The van der Waals surface area contributed by atoms with Crippen molar-refractivity contribution in [2.24, 2.45) is 0 Å². The first-order valence-corrected chi connectivity index (χ1v) is 8.07. The summed E-state index contributed by atoms with van der Waals surface area (Å²) in [6.07, 6.45) is 0. The third-order valence-electron chi connectivity index (χ3n) is 3.88. The zero-order chi connectivity index (χ0) is 18.5. The Morgan fingerprint density at radius 1 is 0.962 bits per heavy atom. The molecule has 0 radical (unpaired) electrons. The van der Waals surface area contributed by atoms with Crippen molar-refractivity contribution in [2.45, 2.75) is 13.5 Å². The highest BCUT2D eigenvalue weighted by molar-refractivity contribution is 6.06. The number of para-hydroxylation sites is 1. The molecule has 3 rings (SSSR count). The molecule has 0 bridgehead atoms. The predicted molar refractivity (Wildman–Crippen MR) is 96.3 cm³/mol. The minimum atomic E-state index is -0.358. The molecule has 0 heterocycles. The van der Waals surface area contributed by atoms with Crippen LogP contribution in [0.1, 0.15) is 21.5 Å². The fourth-order valence-electron chi connectivity index (χ4n) is 2.48. The maximum absolute atomic E-state index is 13.2. The Labute approximate surface area is 150 Å². The lowest BCUT2D eigenvalue weighted by Gasteiger charge is -2.13. The van der Waals surface area contributed by atoms with Gasteiger partial charge in [0.15, 0.2) is 0 Å². The van der Waals surface area contributed by atoms with E-state index in [0.29, 0.717) is 22.6 Å². The summed E-state index contributed by atoms with van der Waals surface area (Å²) in [5.41, 5.74) is 2.31. The molecule has 3 nitrogen and oxygen atoms in total. The highest BCUT2D eigenvalue weighted by Crippen LogP contribution is 2.22. The number of anilines is 1. The average molecular weight is 353 g/mol. The van der Waals surface area contributed by atoms with Gasteiger partial charge >= 0.3 is 0 Å². The van der Waals surface area contributed by atoms with Gasteiger partial charge in [0, 0.05) is 5.69 Å². The first kappa shape index (κ1) is 17.6. The lowest BCUT2D eigenvalue weighted by molar-refractivity contribution is 0.102. The van der Waals surface area contributed by atoms with Gasteiger partial charge in [0.1, 0.15) is 24.0 Å². The third-order valence-corrected chi connectivity index (χ3v) is 3.88. The summed E-state index contributed by atoms with van der Waals surface area (Å²) in [5.74, 6) is -0.616. The number of halogens is 2. The van der Waals surface area contributed by atoms with E-state index in [1.807, 2.05) is 0 Å². The summed E-state index contributed by atoms with van der Waals surface area (Å²) in [5, 5.41) is 2.76. The Kier molecular flexibility index (Phi) is 5.27. The second kappa shape index (κ2) is 7.78. The molecule has 26 heavy (non-hydrogen) atoms. The Bertz CT molecular complexity index is 924. The van der Waals surface area contributed by atoms with Crippen LogP contribution in [0.4, 0.5) is 14.5 Å². The standard InChI is InChI=1S/C21H17F2NO2/c1-14-12-17(23)10-11-19(14)24-21(25)18-4-2-3-5-20(18)26-13-15-6-8-16(22)9-7-15/h2-12H,13H2,1H3,(H,24,25). The molecule has 0 fully saturated rings. The minimum absolute atomic E-state index is 0.208. The van der Waals surface area contributed by atoms with E-state index < -0.39 is 0 Å². The van der Waals surface area contributed by atoms with Crippen molar-refractivity contribution in [3.63, 3.8) is 0 Å². The van der Waals surface area contributed by atoms with E-state index >= 15 is 0 Å². The molecule has 1 amide bonds. The summed E-state index contributed by atoms with van der Waals surface area (Å²) < 4.78 is 31.9. The zero-order valence-electron chi connectivity index (χ0n) is 14.1. The van der Waals surface area contributed by atoms with Crippen LogP contribution < -0.4 is 10.1 Å². The van der Waals surface area contributed by atoms with Gasteiger partial charge in [-0.15, -0.1) is 0 Å². The summed E-state index contributed by atoms with van der Waals surface area (Å²) in [4.78, 5) is 12.6. The lowest BCUT2D eigenvalue weighted by Crippen LogP contribution is -2.14. The van der Waals surface area contributed by atoms with Gasteiger partial charge < -0.3 is 10.1 Å². The van der Waals surface area contributed by atoms with Gasteiger partial charge in [-0.05, 0) is 60.5 Å². The van der Waals surface area contributed by atoms with E-state index in [0.717, 1.165) is 5.56 Å². The SMILES string of the molecule is Cc1cc(F)ccc1NC(=O)c1ccccc1OCc1ccc(F)cc1. The second-order valence-electron chi connectivity index (χ2n) is 5.82. The predicted octanol–water partition coefficient (Wildman–Crippen LogP) is 5.10. The summed E-state index contributed by atoms with van der Waals surface area (Å²) >= 11 is 0. The quantitative estimate of drug-likeness (QED) is 0.693. The average Bonchev–Trinajstić information content (AvgIpc) is 2.64. The number of amides is 1. The van der Waals surface area contributed by atoms with Crippen LogP contribution in [0, 0.1) is 18.6 Å². The van der Waals surface area contributed by atoms with Crippen molar-refractivity contribution in [3.05, 3.63) is 95.1 Å². The Balaban J connectivity index is 1.75. The summed E-state index contributed by atoms with van der Waals surface area (Å²) in [6, 6.07) is 17.0. The van der Waals surface area contributed by atoms with Crippen molar-refractivity contribution < 1.29 is 18.3 Å². The molecule has 0 aliphatic carbocycles. The topological polar surface area (TPSA) is 38.3 Å². The molecule has 0 aliphatic rings. The fourth-order valence-corrected chi connectivity index (χ4v) is 2.48. The third kappa shape index (κ3) is 4.25. The van der Waals surface area contributed by atoms with Gasteiger partial charge in [-0.1, -0.05) is 24.3 Å². The normalized spacial score (nSPS) is 10.4. The lowest BCUT2D eigenvalue weighted by atomic mass is 10.1. The highest BCUT2D eigenvalue weighted by atomic mass is 19.1. The van der Waals surface area contributed by atoms with E-state index in [1.165, 1.54) is 30.3 Å². The van der Waals surface area contributed by atoms with E-state index in [2.05, 4.69) is 5.32 Å². The molecular weight excluding hydrogens is 336 g/mol. The molecule has 0 saturated carbocycles. The monoisotopic (exact) mass is 353 g/mol. The number of ether oxygens (including phenoxy) is 1. The van der Waals surface area contributed by atoms with Crippen molar-refractivity contribution in [3.8, 4) is 5.75 Å². The highest BCUT2D eigenvalue weighted by Gasteiger charge is 2.13. The van der Waals surface area contributed by atoms with Gasteiger partial charge in [-0.3, -0.25) is 4.79 Å². The number of carbonyl (C=O) groups excluding carboxylic acids is 1. The van der Waals surface area contributed by atoms with Crippen LogP contribution in [-0.4, -0.2) is 5.91 Å². The Morgan fingerprint density at radius 2 is 1.65 bits per heavy atom. The minimum Gasteiger partial charge on any atom is -0.488 e. The summed E-state index contributed by atoms with van der Waals surface area (Å²) in [7, 11) is 0. The first-order valence-electron chi connectivity index (χ1n) is 8.07. The van der Waals surface area contributed by atoms with Crippen LogP contribution in [-0.2, 0) is 6.61 Å². The van der Waals surface area contributed by atoms with Gasteiger partial charge in [0.2, 0.25) is 0 Å². The number of nitrogens with one attached hydrogen (secondary N) is 1. The first-order chi connectivity index (χ1) is 12.5. The van der Waals surface area contributed by atoms with Crippen LogP contribution >= 0.6 is 0 Å². The molecular formula is C21H17F2NO2. The number of hydrogen-bond acceptors (Lipinski definition) is 2. The molecule has 0 aromatic heterocycles. The van der Waals surface area contributed by atoms with E-state index in [-0.39, 0.29) is 24.1 Å². The fraction of sp³-hybridized carbons (Fsp3) is 0.0952. The van der Waals surface area contributed by atoms with E-state index in [1.54, 1.807) is 43.3 Å². The van der Waals surface area contributed by atoms with Crippen molar-refractivity contribution in [1.29, 1.82) is 0 Å². The molecule has 0 unspecified atom stereocenters. The molecule has 0 saturated heterocycles. The van der Waals surface area contributed by atoms with Crippen molar-refractivity contribution in [2.75, 3.05) is 5.32 Å². The van der Waals surface area contributed by atoms with Gasteiger partial charge in [-0.2, -0.15) is 0 Å².